The fraction of sp³-hybridized carbons (Fsp3) is 0.485. The van der Waals surface area contributed by atoms with Crippen LogP contribution in [0.5, 0.6) is 5.75 Å². The van der Waals surface area contributed by atoms with Crippen molar-refractivity contribution in [3.63, 3.8) is 0 Å². The molecule has 7 rings (SSSR count). The zero-order chi connectivity index (χ0) is 27.8. The predicted octanol–water partition coefficient (Wildman–Crippen LogP) is 6.61. The molecule has 7 nitrogen and oxygen atoms in total. The van der Waals surface area contributed by atoms with E-state index in [4.69, 9.17) is 20.8 Å². The molecule has 3 aliphatic heterocycles. The van der Waals surface area contributed by atoms with Crippen LogP contribution in [0.2, 0.25) is 5.02 Å². The van der Waals surface area contributed by atoms with Crippen molar-refractivity contribution in [1.82, 2.24) is 20.1 Å². The number of aromatic amines is 1. The fourth-order valence-electron chi connectivity index (χ4n) is 7.39. The van der Waals surface area contributed by atoms with Crippen LogP contribution < -0.4 is 10.1 Å². The Balaban J connectivity index is 0.954. The molecule has 3 fully saturated rings. The Hall–Kier alpha value is -3.00. The zero-order valence-corrected chi connectivity index (χ0v) is 24.3. The molecular weight excluding hydrogens is 536 g/mol. The van der Waals surface area contributed by atoms with E-state index in [1.807, 2.05) is 42.5 Å². The Kier molecular flexibility index (Phi) is 7.67. The number of carbonyl (C=O) groups is 1. The van der Waals surface area contributed by atoms with Gasteiger partial charge in [-0.2, -0.15) is 0 Å². The van der Waals surface area contributed by atoms with Gasteiger partial charge in [-0.15, -0.1) is 0 Å². The third kappa shape index (κ3) is 5.60. The molecular formula is C33H39ClN4O3. The fourth-order valence-corrected chi connectivity index (χ4v) is 7.68. The normalized spacial score (nSPS) is 22.7. The summed E-state index contributed by atoms with van der Waals surface area (Å²) in [6, 6.07) is 14.4. The van der Waals surface area contributed by atoms with Gasteiger partial charge in [0.25, 0.3) is 5.91 Å². The number of hydrogen-bond donors (Lipinski definition) is 2. The number of hydrogen-bond acceptors (Lipinski definition) is 5. The number of furan rings is 1. The van der Waals surface area contributed by atoms with E-state index < -0.39 is 0 Å². The molecule has 0 radical (unpaired) electrons. The summed E-state index contributed by atoms with van der Waals surface area (Å²) in [5, 5.41) is 5.69. The van der Waals surface area contributed by atoms with Crippen molar-refractivity contribution in [3.8, 4) is 5.75 Å². The Morgan fingerprint density at radius 1 is 1.02 bits per heavy atom. The summed E-state index contributed by atoms with van der Waals surface area (Å²) in [6.45, 7) is 6.26. The van der Waals surface area contributed by atoms with Crippen molar-refractivity contribution >= 4 is 39.4 Å². The Morgan fingerprint density at radius 2 is 1.88 bits per heavy atom. The molecule has 2 aromatic heterocycles. The summed E-state index contributed by atoms with van der Waals surface area (Å²) < 4.78 is 11.8. The first-order chi connectivity index (χ1) is 20.1. The van der Waals surface area contributed by atoms with E-state index in [2.05, 4.69) is 20.1 Å². The van der Waals surface area contributed by atoms with E-state index in [0.29, 0.717) is 23.1 Å². The topological polar surface area (TPSA) is 73.7 Å². The van der Waals surface area contributed by atoms with Crippen LogP contribution in [0.3, 0.4) is 0 Å². The van der Waals surface area contributed by atoms with Crippen molar-refractivity contribution in [2.24, 2.45) is 5.92 Å². The summed E-state index contributed by atoms with van der Waals surface area (Å²) in [5.41, 5.74) is 3.07. The molecule has 2 N–H and O–H groups in total. The molecule has 41 heavy (non-hydrogen) atoms. The second kappa shape index (κ2) is 11.7. The first kappa shape index (κ1) is 26.9. The maximum absolute atomic E-state index is 13.2. The summed E-state index contributed by atoms with van der Waals surface area (Å²) >= 11 is 6.41. The van der Waals surface area contributed by atoms with E-state index in [0.717, 1.165) is 65.3 Å². The van der Waals surface area contributed by atoms with E-state index in [9.17, 15) is 4.79 Å². The molecule has 0 spiro atoms. The molecule has 0 bridgehead atoms. The Bertz CT molecular complexity index is 1520. The van der Waals surface area contributed by atoms with Crippen LogP contribution in [0.25, 0.3) is 21.9 Å². The van der Waals surface area contributed by atoms with Crippen molar-refractivity contribution in [2.75, 3.05) is 32.7 Å². The lowest BCUT2D eigenvalue weighted by molar-refractivity contribution is 0.0351. The highest BCUT2D eigenvalue weighted by Crippen LogP contribution is 2.33. The van der Waals surface area contributed by atoms with Crippen molar-refractivity contribution < 1.29 is 13.9 Å². The van der Waals surface area contributed by atoms with Gasteiger partial charge < -0.3 is 29.3 Å². The van der Waals surface area contributed by atoms with Crippen molar-refractivity contribution in [1.29, 1.82) is 0 Å². The number of aromatic nitrogens is 1. The average molecular weight is 575 g/mol. The Labute approximate surface area is 246 Å². The summed E-state index contributed by atoms with van der Waals surface area (Å²) in [7, 11) is 0. The molecule has 8 heteroatoms. The summed E-state index contributed by atoms with van der Waals surface area (Å²) in [6.07, 6.45) is 10.6. The Morgan fingerprint density at radius 3 is 2.78 bits per heavy atom. The largest absolute Gasteiger partial charge is 0.488 e. The maximum atomic E-state index is 13.2. The minimum Gasteiger partial charge on any atom is -0.488 e. The number of fused-ring (bicyclic) bond motifs is 3. The van der Waals surface area contributed by atoms with Crippen LogP contribution in [-0.2, 0) is 6.61 Å². The monoisotopic (exact) mass is 574 g/mol. The highest BCUT2D eigenvalue weighted by atomic mass is 35.5. The van der Waals surface area contributed by atoms with Crippen LogP contribution in [0.4, 0.5) is 0 Å². The van der Waals surface area contributed by atoms with Crippen LogP contribution in [-0.4, -0.2) is 65.5 Å². The van der Waals surface area contributed by atoms with E-state index in [1.165, 1.54) is 51.7 Å². The molecule has 1 amide bonds. The first-order valence-electron chi connectivity index (χ1n) is 15.3. The third-order valence-corrected chi connectivity index (χ3v) is 9.84. The van der Waals surface area contributed by atoms with Gasteiger partial charge in [0.15, 0.2) is 0 Å². The van der Waals surface area contributed by atoms with Crippen LogP contribution in [0.15, 0.2) is 53.1 Å². The van der Waals surface area contributed by atoms with Gasteiger partial charge in [0.1, 0.15) is 23.6 Å². The smallest absolute Gasteiger partial charge is 0.267 e. The molecule has 4 aromatic rings. The number of H-pyrrole nitrogens is 1. The lowest BCUT2D eigenvalue weighted by Gasteiger charge is -2.46. The molecule has 2 atom stereocenters. The van der Waals surface area contributed by atoms with Gasteiger partial charge in [-0.05, 0) is 87.9 Å². The highest BCUT2D eigenvalue weighted by Gasteiger charge is 2.34. The molecule has 2 aromatic carbocycles. The number of likely N-dealkylation sites (tertiary alicyclic amines) is 1. The van der Waals surface area contributed by atoms with E-state index in [-0.39, 0.29) is 11.9 Å². The summed E-state index contributed by atoms with van der Waals surface area (Å²) in [5.74, 6) is 1.47. The van der Waals surface area contributed by atoms with Gasteiger partial charge in [0.05, 0.1) is 11.3 Å². The maximum Gasteiger partial charge on any atom is 0.267 e. The molecule has 3 aliphatic rings. The number of halogens is 1. The molecule has 0 aliphatic carbocycles. The minimum atomic E-state index is -0.0525. The number of rotatable bonds is 7. The number of ether oxygens (including phenoxy) is 1. The third-order valence-electron chi connectivity index (χ3n) is 9.52. The molecule has 216 valence electrons. The number of nitrogens with one attached hydrogen (secondary N) is 2. The number of benzene rings is 2. The number of carbonyl (C=O) groups excluding carboxylic acids is 1. The summed E-state index contributed by atoms with van der Waals surface area (Å²) in [4.78, 5) is 22.0. The minimum absolute atomic E-state index is 0.0525. The number of amides is 1. The van der Waals surface area contributed by atoms with Gasteiger partial charge in [-0.1, -0.05) is 30.2 Å². The quantitative estimate of drug-likeness (QED) is 0.260. The second-order valence-corrected chi connectivity index (χ2v) is 12.5. The number of nitrogens with zero attached hydrogens (tertiary/aromatic N) is 2. The lowest BCUT2D eigenvalue weighted by Crippen LogP contribution is -2.52. The zero-order valence-electron chi connectivity index (χ0n) is 23.5. The SMILES string of the molecule is O=C(NC1CCN(C[C@@H]2CCCN3CCCCC23)CC1)c1cc2c(OCc3coc4cccc(Cl)c34)cccc2[nH]1. The van der Waals surface area contributed by atoms with Gasteiger partial charge in [0.2, 0.25) is 0 Å². The van der Waals surface area contributed by atoms with Gasteiger partial charge in [0, 0.05) is 53.6 Å². The molecule has 3 saturated heterocycles. The first-order valence-corrected chi connectivity index (χ1v) is 15.7. The van der Waals surface area contributed by atoms with Crippen LogP contribution >= 0.6 is 11.6 Å². The van der Waals surface area contributed by atoms with Gasteiger partial charge in [-0.25, -0.2) is 0 Å². The number of piperidine rings is 3. The molecule has 1 unspecified atom stereocenters. The van der Waals surface area contributed by atoms with Gasteiger partial charge in [-0.3, -0.25) is 4.79 Å². The standard InChI is InChI=1S/C33H39ClN4O3/c34-26-7-3-11-31-32(26)23(21-41-31)20-40-30-10-4-8-27-25(30)18-28(36-27)33(39)35-24-12-16-37(17-13-24)19-22-6-5-15-38-14-2-1-9-29(22)38/h3-4,7-8,10-11,18,21-22,24,29,36H,1-2,5-6,9,12-17,19-20H2,(H,35,39)/t22-,29?/m0/s1. The van der Waals surface area contributed by atoms with Crippen molar-refractivity contribution in [2.45, 2.75) is 63.6 Å². The van der Waals surface area contributed by atoms with E-state index >= 15 is 0 Å². The molecule has 5 heterocycles. The van der Waals surface area contributed by atoms with Crippen LogP contribution in [0.1, 0.15) is 61.0 Å². The van der Waals surface area contributed by atoms with E-state index in [1.54, 1.807) is 6.26 Å². The van der Waals surface area contributed by atoms with Gasteiger partial charge >= 0.3 is 0 Å². The second-order valence-electron chi connectivity index (χ2n) is 12.1. The van der Waals surface area contributed by atoms with Crippen molar-refractivity contribution in [3.05, 3.63) is 65.0 Å². The predicted molar refractivity (Wildman–Crippen MR) is 163 cm³/mol. The average Bonchev–Trinajstić information content (AvgIpc) is 3.63. The highest BCUT2D eigenvalue weighted by molar-refractivity contribution is 6.35. The lowest BCUT2D eigenvalue weighted by atomic mass is 9.83. The molecule has 0 saturated carbocycles. The van der Waals surface area contributed by atoms with Crippen LogP contribution in [0, 0.1) is 5.92 Å².